The highest BCUT2D eigenvalue weighted by molar-refractivity contribution is 6.31. The van der Waals surface area contributed by atoms with Crippen LogP contribution in [0.2, 0.25) is 15.1 Å². The summed E-state index contributed by atoms with van der Waals surface area (Å²) in [6.07, 6.45) is 0. The van der Waals surface area contributed by atoms with E-state index in [1.54, 1.807) is 0 Å². The number of nitrogens with zero attached hydrogens (tertiary/aromatic N) is 3. The van der Waals surface area contributed by atoms with E-state index < -0.39 is 0 Å². The van der Waals surface area contributed by atoms with Crippen molar-refractivity contribution in [3.8, 4) is 11.4 Å². The van der Waals surface area contributed by atoms with Gasteiger partial charge < -0.3 is 10.3 Å². The van der Waals surface area contributed by atoms with Crippen molar-refractivity contribution in [2.45, 2.75) is 13.1 Å². The molecule has 0 aliphatic carbocycles. The van der Waals surface area contributed by atoms with Gasteiger partial charge in [0.2, 0.25) is 0 Å². The van der Waals surface area contributed by atoms with Crippen LogP contribution in [0.15, 0.2) is 96.0 Å². The van der Waals surface area contributed by atoms with E-state index in [1.165, 1.54) is 0 Å². The van der Waals surface area contributed by atoms with Crippen LogP contribution in [0.5, 0.6) is 0 Å². The Bertz CT molecular complexity index is 1500. The molecule has 0 bridgehead atoms. The molecular formula is C28H21Cl3N4. The lowest BCUT2D eigenvalue weighted by molar-refractivity contribution is 0.834. The van der Waals surface area contributed by atoms with E-state index in [-0.39, 0.29) is 0 Å². The van der Waals surface area contributed by atoms with E-state index in [0.29, 0.717) is 34.0 Å². The van der Waals surface area contributed by atoms with Crippen molar-refractivity contribution < 1.29 is 0 Å². The molecule has 7 heteroatoms. The second-order valence-electron chi connectivity index (χ2n) is 8.19. The van der Waals surface area contributed by atoms with Crippen LogP contribution in [-0.2, 0) is 13.1 Å². The smallest absolute Gasteiger partial charge is 0.141 e. The van der Waals surface area contributed by atoms with Gasteiger partial charge in [-0.15, -0.1) is 0 Å². The summed E-state index contributed by atoms with van der Waals surface area (Å²) in [5.41, 5.74) is 12.1. The number of aliphatic imine (C=N–C) groups is 1. The highest BCUT2D eigenvalue weighted by Gasteiger charge is 2.14. The lowest BCUT2D eigenvalue weighted by atomic mass is 10.1. The number of rotatable bonds is 6. The van der Waals surface area contributed by atoms with Crippen LogP contribution < -0.4 is 5.73 Å². The van der Waals surface area contributed by atoms with Crippen LogP contribution in [0.4, 0.5) is 0 Å². The van der Waals surface area contributed by atoms with Gasteiger partial charge in [0.15, 0.2) is 0 Å². The first kappa shape index (κ1) is 23.4. The van der Waals surface area contributed by atoms with E-state index in [4.69, 9.17) is 45.5 Å². The summed E-state index contributed by atoms with van der Waals surface area (Å²) in [6.45, 7) is 1.14. The second-order valence-corrected chi connectivity index (χ2v) is 9.50. The number of imidazole rings is 1. The minimum absolute atomic E-state index is 0.480. The third-order valence-corrected chi connectivity index (χ3v) is 6.49. The summed E-state index contributed by atoms with van der Waals surface area (Å²) in [5, 5.41) is 2.06. The maximum absolute atomic E-state index is 6.26. The van der Waals surface area contributed by atoms with Gasteiger partial charge in [-0.3, -0.25) is 4.99 Å². The van der Waals surface area contributed by atoms with Crippen molar-refractivity contribution >= 4 is 51.7 Å². The summed E-state index contributed by atoms with van der Waals surface area (Å²) in [7, 11) is 0. The molecule has 0 unspecified atom stereocenters. The third kappa shape index (κ3) is 5.35. The zero-order valence-electron chi connectivity index (χ0n) is 18.6. The van der Waals surface area contributed by atoms with Gasteiger partial charge in [-0.25, -0.2) is 4.98 Å². The lowest BCUT2D eigenvalue weighted by Gasteiger charge is -2.11. The fourth-order valence-corrected chi connectivity index (χ4v) is 4.32. The Kier molecular flexibility index (Phi) is 6.78. The minimum atomic E-state index is 0.480. The maximum atomic E-state index is 6.26. The van der Waals surface area contributed by atoms with Gasteiger partial charge in [0.25, 0.3) is 0 Å². The van der Waals surface area contributed by atoms with E-state index in [1.807, 2.05) is 91.0 Å². The number of nitrogens with two attached hydrogens (primary N) is 1. The largest absolute Gasteiger partial charge is 0.383 e. The van der Waals surface area contributed by atoms with Gasteiger partial charge in [0.05, 0.1) is 17.6 Å². The number of amidine groups is 1. The molecule has 0 saturated carbocycles. The molecule has 5 rings (SSSR count). The number of fused-ring (bicyclic) bond motifs is 1. The SMILES string of the molecule is NC(=NCc1ccc(Cl)cc1)c1ccc(-c2nc3cc(Cl)ccc3n2Cc2ccc(Cl)cc2)cc1. The number of hydrogen-bond acceptors (Lipinski definition) is 2. The number of benzene rings is 4. The van der Waals surface area contributed by atoms with Crippen LogP contribution >= 0.6 is 34.8 Å². The average Bonchev–Trinajstić information content (AvgIpc) is 3.22. The zero-order valence-corrected chi connectivity index (χ0v) is 20.9. The van der Waals surface area contributed by atoms with E-state index in [0.717, 1.165) is 39.1 Å². The van der Waals surface area contributed by atoms with Crippen LogP contribution in [0.25, 0.3) is 22.4 Å². The molecule has 4 aromatic carbocycles. The third-order valence-electron chi connectivity index (χ3n) is 5.75. The topological polar surface area (TPSA) is 56.2 Å². The Morgan fingerprint density at radius 1 is 0.743 bits per heavy atom. The minimum Gasteiger partial charge on any atom is -0.383 e. The van der Waals surface area contributed by atoms with Crippen molar-refractivity contribution in [2.75, 3.05) is 0 Å². The highest BCUT2D eigenvalue weighted by Crippen LogP contribution is 2.28. The molecule has 174 valence electrons. The molecule has 0 radical (unpaired) electrons. The van der Waals surface area contributed by atoms with Crippen LogP contribution in [0.1, 0.15) is 16.7 Å². The fraction of sp³-hybridized carbons (Fsp3) is 0.0714. The Hall–Kier alpha value is -3.31. The van der Waals surface area contributed by atoms with Crippen LogP contribution in [-0.4, -0.2) is 15.4 Å². The summed E-state index contributed by atoms with van der Waals surface area (Å²) in [4.78, 5) is 9.42. The number of hydrogen-bond donors (Lipinski definition) is 1. The Labute approximate surface area is 218 Å². The predicted molar refractivity (Wildman–Crippen MR) is 147 cm³/mol. The second kappa shape index (κ2) is 10.1. The monoisotopic (exact) mass is 518 g/mol. The van der Waals surface area contributed by atoms with E-state index in [9.17, 15) is 0 Å². The summed E-state index contributed by atoms with van der Waals surface area (Å²) < 4.78 is 2.18. The molecule has 2 N–H and O–H groups in total. The average molecular weight is 520 g/mol. The van der Waals surface area contributed by atoms with Crippen molar-refractivity contribution in [3.05, 3.63) is 123 Å². The molecule has 0 aliphatic rings. The van der Waals surface area contributed by atoms with Gasteiger partial charge in [-0.2, -0.15) is 0 Å². The molecule has 35 heavy (non-hydrogen) atoms. The fourth-order valence-electron chi connectivity index (χ4n) is 3.90. The lowest BCUT2D eigenvalue weighted by Crippen LogP contribution is -2.13. The van der Waals surface area contributed by atoms with Crippen molar-refractivity contribution in [3.63, 3.8) is 0 Å². The standard InChI is InChI=1S/C28H21Cl3N4/c29-22-9-1-18(2-10-22)16-33-27(32)20-5-7-21(8-6-20)28-34-25-15-24(31)13-14-26(25)35(28)17-19-3-11-23(30)12-4-19/h1-15H,16-17H2,(H2,32,33). The number of aromatic nitrogens is 2. The van der Waals surface area contributed by atoms with Gasteiger partial charge in [0, 0.05) is 32.7 Å². The van der Waals surface area contributed by atoms with Crippen LogP contribution in [0, 0.1) is 0 Å². The van der Waals surface area contributed by atoms with Gasteiger partial charge in [-0.1, -0.05) is 83.3 Å². The Morgan fingerprint density at radius 3 is 2.00 bits per heavy atom. The molecule has 0 fully saturated rings. The molecule has 0 spiro atoms. The molecule has 0 saturated heterocycles. The normalized spacial score (nSPS) is 11.8. The van der Waals surface area contributed by atoms with Gasteiger partial charge in [-0.05, 0) is 53.6 Å². The predicted octanol–water partition coefficient (Wildman–Crippen LogP) is 7.62. The maximum Gasteiger partial charge on any atom is 0.141 e. The molecule has 4 nitrogen and oxygen atoms in total. The van der Waals surface area contributed by atoms with Gasteiger partial charge in [0.1, 0.15) is 11.7 Å². The molecule has 5 aromatic rings. The number of halogens is 3. The van der Waals surface area contributed by atoms with Crippen molar-refractivity contribution in [2.24, 2.45) is 10.7 Å². The first-order valence-electron chi connectivity index (χ1n) is 11.0. The first-order valence-corrected chi connectivity index (χ1v) is 12.1. The molecule has 1 heterocycles. The van der Waals surface area contributed by atoms with Crippen molar-refractivity contribution in [1.29, 1.82) is 0 Å². The summed E-state index contributed by atoms with van der Waals surface area (Å²) in [5.74, 6) is 1.33. The Morgan fingerprint density at radius 2 is 1.34 bits per heavy atom. The highest BCUT2D eigenvalue weighted by atomic mass is 35.5. The summed E-state index contributed by atoms with van der Waals surface area (Å²) >= 11 is 18.3. The Balaban J connectivity index is 1.46. The van der Waals surface area contributed by atoms with Gasteiger partial charge >= 0.3 is 0 Å². The van der Waals surface area contributed by atoms with Crippen molar-refractivity contribution in [1.82, 2.24) is 9.55 Å². The van der Waals surface area contributed by atoms with E-state index in [2.05, 4.69) is 9.56 Å². The zero-order chi connectivity index (χ0) is 24.4. The molecule has 0 aliphatic heterocycles. The first-order chi connectivity index (χ1) is 17.0. The molecular weight excluding hydrogens is 499 g/mol. The molecule has 1 aromatic heterocycles. The molecule has 0 amide bonds. The summed E-state index contributed by atoms with van der Waals surface area (Å²) in [6, 6.07) is 29.2. The molecule has 0 atom stereocenters. The van der Waals surface area contributed by atoms with Crippen LogP contribution in [0.3, 0.4) is 0 Å². The quantitative estimate of drug-likeness (QED) is 0.185. The van der Waals surface area contributed by atoms with E-state index >= 15 is 0 Å².